The van der Waals surface area contributed by atoms with Crippen LogP contribution < -0.4 is 5.32 Å². The standard InChI is InChI=1S/C9H9N3O/c1-5-6-2-10-3-7(6)8-4-11-13-9(8)12-5/h4,10H,2-3H2,1H3. The van der Waals surface area contributed by atoms with E-state index in [0.717, 1.165) is 24.2 Å². The molecule has 2 aromatic heterocycles. The van der Waals surface area contributed by atoms with Gasteiger partial charge in [0.15, 0.2) is 0 Å². The topological polar surface area (TPSA) is 51.0 Å². The smallest absolute Gasteiger partial charge is 0.258 e. The summed E-state index contributed by atoms with van der Waals surface area (Å²) in [5.41, 5.74) is 4.30. The Morgan fingerprint density at radius 3 is 3.15 bits per heavy atom. The van der Waals surface area contributed by atoms with E-state index in [1.165, 1.54) is 11.1 Å². The largest absolute Gasteiger partial charge is 0.336 e. The number of hydrogen-bond donors (Lipinski definition) is 1. The number of aryl methyl sites for hydroxylation is 1. The minimum absolute atomic E-state index is 0.653. The normalized spacial score (nSPS) is 15.2. The lowest BCUT2D eigenvalue weighted by Gasteiger charge is -2.00. The summed E-state index contributed by atoms with van der Waals surface area (Å²) < 4.78 is 5.04. The third-order valence-corrected chi connectivity index (χ3v) is 2.55. The molecule has 3 rings (SSSR count). The van der Waals surface area contributed by atoms with Crippen molar-refractivity contribution < 1.29 is 4.52 Å². The predicted molar refractivity (Wildman–Crippen MR) is 47.1 cm³/mol. The third kappa shape index (κ3) is 0.833. The number of aromatic nitrogens is 2. The van der Waals surface area contributed by atoms with Gasteiger partial charge in [0.25, 0.3) is 5.71 Å². The summed E-state index contributed by atoms with van der Waals surface area (Å²) in [5, 5.41) is 8.10. The van der Waals surface area contributed by atoms with Gasteiger partial charge in [-0.05, 0) is 18.1 Å². The molecule has 4 nitrogen and oxygen atoms in total. The van der Waals surface area contributed by atoms with Crippen LogP contribution in [0.1, 0.15) is 16.8 Å². The van der Waals surface area contributed by atoms with Crippen molar-refractivity contribution in [1.29, 1.82) is 0 Å². The fourth-order valence-corrected chi connectivity index (χ4v) is 1.87. The molecule has 3 heterocycles. The molecule has 0 spiro atoms. The van der Waals surface area contributed by atoms with Gasteiger partial charge >= 0.3 is 0 Å². The lowest BCUT2D eigenvalue weighted by Crippen LogP contribution is -2.00. The minimum Gasteiger partial charge on any atom is -0.336 e. The summed E-state index contributed by atoms with van der Waals surface area (Å²) >= 11 is 0. The van der Waals surface area contributed by atoms with E-state index in [-0.39, 0.29) is 0 Å². The number of nitrogens with zero attached hydrogens (tertiary/aromatic N) is 2. The van der Waals surface area contributed by atoms with Gasteiger partial charge in [0.05, 0.1) is 11.6 Å². The first kappa shape index (κ1) is 7.03. The molecule has 0 saturated heterocycles. The van der Waals surface area contributed by atoms with Crippen LogP contribution in [0.4, 0.5) is 0 Å². The van der Waals surface area contributed by atoms with Crippen molar-refractivity contribution in [2.24, 2.45) is 0 Å². The Hall–Kier alpha value is -1.42. The molecule has 0 radical (unpaired) electrons. The molecule has 0 amide bonds. The summed E-state index contributed by atoms with van der Waals surface area (Å²) in [6.45, 7) is 3.82. The number of nitrogens with one attached hydrogen (secondary N) is 1. The monoisotopic (exact) mass is 175 g/mol. The van der Waals surface area contributed by atoms with Crippen molar-refractivity contribution in [1.82, 2.24) is 15.5 Å². The molecule has 0 aliphatic carbocycles. The van der Waals surface area contributed by atoms with Crippen LogP contribution in [0.2, 0.25) is 0 Å². The molecular formula is C9H9N3O. The Labute approximate surface area is 74.9 Å². The van der Waals surface area contributed by atoms with Gasteiger partial charge in [-0.15, -0.1) is 0 Å². The van der Waals surface area contributed by atoms with Crippen molar-refractivity contribution in [3.8, 4) is 0 Å². The number of hydrogen-bond acceptors (Lipinski definition) is 4. The zero-order chi connectivity index (χ0) is 8.84. The molecule has 0 bridgehead atoms. The van der Waals surface area contributed by atoms with Gasteiger partial charge in [0.1, 0.15) is 0 Å². The molecule has 0 atom stereocenters. The second-order valence-electron chi connectivity index (χ2n) is 3.30. The highest BCUT2D eigenvalue weighted by Gasteiger charge is 2.18. The van der Waals surface area contributed by atoms with Crippen LogP contribution in [0.15, 0.2) is 10.7 Å². The summed E-state index contributed by atoms with van der Waals surface area (Å²) in [6.07, 6.45) is 1.74. The van der Waals surface area contributed by atoms with E-state index in [2.05, 4.69) is 15.5 Å². The summed E-state index contributed by atoms with van der Waals surface area (Å²) in [6, 6.07) is 0. The summed E-state index contributed by atoms with van der Waals surface area (Å²) in [4.78, 5) is 4.34. The van der Waals surface area contributed by atoms with Crippen LogP contribution in [-0.4, -0.2) is 10.1 Å². The molecular weight excluding hydrogens is 166 g/mol. The second-order valence-corrected chi connectivity index (χ2v) is 3.30. The first-order valence-corrected chi connectivity index (χ1v) is 4.29. The van der Waals surface area contributed by atoms with Crippen molar-refractivity contribution in [3.63, 3.8) is 0 Å². The zero-order valence-corrected chi connectivity index (χ0v) is 7.29. The van der Waals surface area contributed by atoms with E-state index >= 15 is 0 Å². The molecule has 4 heteroatoms. The van der Waals surface area contributed by atoms with E-state index in [0.29, 0.717) is 5.71 Å². The van der Waals surface area contributed by atoms with Crippen molar-refractivity contribution in [2.45, 2.75) is 20.0 Å². The molecule has 1 N–H and O–H groups in total. The van der Waals surface area contributed by atoms with Crippen LogP contribution in [0.25, 0.3) is 11.1 Å². The fraction of sp³-hybridized carbons (Fsp3) is 0.333. The SMILES string of the molecule is Cc1nc2oncc2c2c1CNC2. The van der Waals surface area contributed by atoms with Crippen LogP contribution in [0.5, 0.6) is 0 Å². The average molecular weight is 175 g/mol. The fourth-order valence-electron chi connectivity index (χ4n) is 1.87. The summed E-state index contributed by atoms with van der Waals surface area (Å²) in [7, 11) is 0. The van der Waals surface area contributed by atoms with Gasteiger partial charge in [0.2, 0.25) is 0 Å². The number of fused-ring (bicyclic) bond motifs is 3. The molecule has 0 saturated carbocycles. The van der Waals surface area contributed by atoms with E-state index in [1.54, 1.807) is 6.20 Å². The maximum Gasteiger partial charge on any atom is 0.258 e. The third-order valence-electron chi connectivity index (χ3n) is 2.55. The highest BCUT2D eigenvalue weighted by Crippen LogP contribution is 2.26. The first-order chi connectivity index (χ1) is 6.36. The molecule has 2 aromatic rings. The Balaban J connectivity index is 2.48. The van der Waals surface area contributed by atoms with Gasteiger partial charge in [-0.25, -0.2) is 4.98 Å². The van der Waals surface area contributed by atoms with Crippen LogP contribution >= 0.6 is 0 Å². The van der Waals surface area contributed by atoms with Crippen molar-refractivity contribution >= 4 is 11.1 Å². The van der Waals surface area contributed by atoms with Gasteiger partial charge < -0.3 is 9.84 Å². The van der Waals surface area contributed by atoms with Crippen LogP contribution in [0, 0.1) is 6.92 Å². The molecule has 0 fully saturated rings. The lowest BCUT2D eigenvalue weighted by molar-refractivity contribution is 0.448. The maximum absolute atomic E-state index is 5.04. The quantitative estimate of drug-likeness (QED) is 0.652. The first-order valence-electron chi connectivity index (χ1n) is 4.29. The molecule has 0 unspecified atom stereocenters. The van der Waals surface area contributed by atoms with Gasteiger partial charge in [-0.1, -0.05) is 5.16 Å². The van der Waals surface area contributed by atoms with Crippen LogP contribution in [-0.2, 0) is 13.1 Å². The molecule has 0 aromatic carbocycles. The zero-order valence-electron chi connectivity index (χ0n) is 7.29. The Kier molecular flexibility index (Phi) is 1.24. The van der Waals surface area contributed by atoms with Gasteiger partial charge in [-0.3, -0.25) is 0 Å². The van der Waals surface area contributed by atoms with Crippen LogP contribution in [0.3, 0.4) is 0 Å². The van der Waals surface area contributed by atoms with Crippen molar-refractivity contribution in [3.05, 3.63) is 23.0 Å². The molecule has 66 valence electrons. The Bertz CT molecular complexity index is 475. The average Bonchev–Trinajstić information content (AvgIpc) is 2.66. The minimum atomic E-state index is 0.653. The summed E-state index contributed by atoms with van der Waals surface area (Å²) in [5.74, 6) is 0. The Morgan fingerprint density at radius 2 is 2.23 bits per heavy atom. The maximum atomic E-state index is 5.04. The molecule has 1 aliphatic heterocycles. The molecule has 1 aliphatic rings. The highest BCUT2D eigenvalue weighted by atomic mass is 16.5. The highest BCUT2D eigenvalue weighted by molar-refractivity contribution is 5.78. The van der Waals surface area contributed by atoms with E-state index in [1.807, 2.05) is 6.92 Å². The second kappa shape index (κ2) is 2.29. The predicted octanol–water partition coefficient (Wildman–Crippen LogP) is 1.13. The van der Waals surface area contributed by atoms with Gasteiger partial charge in [0, 0.05) is 18.8 Å². The van der Waals surface area contributed by atoms with Gasteiger partial charge in [-0.2, -0.15) is 0 Å². The van der Waals surface area contributed by atoms with E-state index in [4.69, 9.17) is 4.52 Å². The molecule has 13 heavy (non-hydrogen) atoms. The van der Waals surface area contributed by atoms with E-state index in [9.17, 15) is 0 Å². The number of pyridine rings is 1. The van der Waals surface area contributed by atoms with Crippen molar-refractivity contribution in [2.75, 3.05) is 0 Å². The lowest BCUT2D eigenvalue weighted by atomic mass is 10.1. The Morgan fingerprint density at radius 1 is 1.38 bits per heavy atom. The number of rotatable bonds is 0. The van der Waals surface area contributed by atoms with E-state index < -0.39 is 0 Å².